The van der Waals surface area contributed by atoms with E-state index >= 15 is 0 Å². The molecule has 1 amide bonds. The van der Waals surface area contributed by atoms with Gasteiger partial charge in [-0.15, -0.1) is 0 Å². The van der Waals surface area contributed by atoms with E-state index in [2.05, 4.69) is 27.7 Å². The molecule has 4 rings (SSSR count). The maximum Gasteiger partial charge on any atom is 0.265 e. The molecule has 256 valence electrons. The summed E-state index contributed by atoms with van der Waals surface area (Å²) in [5.41, 5.74) is -0.380. The van der Waals surface area contributed by atoms with Crippen molar-refractivity contribution in [2.75, 3.05) is 46.5 Å². The molecule has 9 nitrogen and oxygen atoms in total. The number of carbonyl (C=O) groups is 1. The van der Waals surface area contributed by atoms with Gasteiger partial charge in [-0.3, -0.25) is 9.35 Å². The number of aliphatic hydroxyl groups is 3. The number of hydrogen-bond acceptors (Lipinski definition) is 6. The summed E-state index contributed by atoms with van der Waals surface area (Å²) in [5.74, 6) is 1.21. The zero-order chi connectivity index (χ0) is 32.9. The summed E-state index contributed by atoms with van der Waals surface area (Å²) in [4.78, 5) is 14.9. The van der Waals surface area contributed by atoms with Crippen LogP contribution in [-0.2, 0) is 14.9 Å². The standard InChI is InChI=1S/C34H62N2O7S/c1-23(10-13-30(40)35(5)16-8-17-36(6,7)18-9-19-44(41,42)43)25-11-12-26-31-27(20-29(39)34(25,26)4)33(3)15-14-24(37)21-32(33,2)22-28(31)38/h23-29,31,37-39H,8-22H2,1-7H3/p+1/t23?,24-,25?,26?,27?,28-,29+,31?,32+,33?,34?/m1/s1. The van der Waals surface area contributed by atoms with E-state index in [0.717, 1.165) is 57.9 Å². The maximum atomic E-state index is 13.1. The molecular weight excluding hydrogens is 580 g/mol. The minimum atomic E-state index is -3.94. The lowest BCUT2D eigenvalue weighted by atomic mass is 9.39. The Bertz CT molecular complexity index is 1130. The molecule has 4 aliphatic rings. The van der Waals surface area contributed by atoms with Crippen LogP contribution in [0.25, 0.3) is 0 Å². The topological polar surface area (TPSA) is 135 Å². The van der Waals surface area contributed by atoms with Crippen LogP contribution < -0.4 is 0 Å². The van der Waals surface area contributed by atoms with Crippen molar-refractivity contribution in [3.05, 3.63) is 0 Å². The largest absolute Gasteiger partial charge is 0.393 e. The van der Waals surface area contributed by atoms with Crippen LogP contribution in [0.2, 0.25) is 0 Å². The van der Waals surface area contributed by atoms with E-state index in [-0.39, 0.29) is 51.8 Å². The Labute approximate surface area is 267 Å². The number of aliphatic hydroxyl groups excluding tert-OH is 3. The van der Waals surface area contributed by atoms with Crippen LogP contribution >= 0.6 is 0 Å². The van der Waals surface area contributed by atoms with Crippen molar-refractivity contribution in [2.24, 2.45) is 45.8 Å². The second-order valence-corrected chi connectivity index (χ2v) is 18.5. The third-order valence-electron chi connectivity index (χ3n) is 13.8. The third-order valence-corrected chi connectivity index (χ3v) is 14.6. The molecule has 10 heteroatoms. The van der Waals surface area contributed by atoms with Gasteiger partial charge in [-0.1, -0.05) is 27.7 Å². The van der Waals surface area contributed by atoms with Crippen LogP contribution in [0.3, 0.4) is 0 Å². The Hall–Kier alpha value is -0.780. The lowest BCUT2D eigenvalue weighted by Crippen LogP contribution is -2.65. The SMILES string of the molecule is CC(CCC(=O)N(C)CCC[N+](C)(C)CCCS(=O)(=O)O)C1CCC2C3C(C[C@H](O)C12C)C1(C)CC[C@@H](O)C[C@@]1(C)C[C@H]3O. The van der Waals surface area contributed by atoms with Gasteiger partial charge in [0.25, 0.3) is 10.1 Å². The van der Waals surface area contributed by atoms with Crippen LogP contribution in [0.5, 0.6) is 0 Å². The molecular formula is C34H63N2O7S+. The Morgan fingerprint density at radius 1 is 1.00 bits per heavy atom. The maximum absolute atomic E-state index is 13.1. The Morgan fingerprint density at radius 3 is 2.32 bits per heavy atom. The van der Waals surface area contributed by atoms with E-state index in [1.165, 1.54) is 0 Å². The predicted molar refractivity (Wildman–Crippen MR) is 172 cm³/mol. The molecule has 11 atom stereocenters. The van der Waals surface area contributed by atoms with E-state index in [9.17, 15) is 28.5 Å². The molecule has 0 spiro atoms. The zero-order valence-corrected chi connectivity index (χ0v) is 29.4. The summed E-state index contributed by atoms with van der Waals surface area (Å²) in [6.45, 7) is 11.2. The van der Waals surface area contributed by atoms with Gasteiger partial charge in [0.2, 0.25) is 5.91 Å². The van der Waals surface area contributed by atoms with E-state index in [1.807, 2.05) is 21.1 Å². The highest BCUT2D eigenvalue weighted by Crippen LogP contribution is 2.71. The molecule has 0 aromatic carbocycles. The average Bonchev–Trinajstić information content (AvgIpc) is 3.26. The fraction of sp³-hybridized carbons (Fsp3) is 0.971. The van der Waals surface area contributed by atoms with Crippen molar-refractivity contribution < 1.29 is 37.6 Å². The van der Waals surface area contributed by atoms with Crippen LogP contribution in [0.4, 0.5) is 0 Å². The van der Waals surface area contributed by atoms with Gasteiger partial charge in [-0.05, 0) is 97.2 Å². The molecule has 4 N–H and O–H groups in total. The fourth-order valence-electron chi connectivity index (χ4n) is 11.0. The molecule has 0 heterocycles. The van der Waals surface area contributed by atoms with Gasteiger partial charge >= 0.3 is 0 Å². The minimum Gasteiger partial charge on any atom is -0.393 e. The van der Waals surface area contributed by atoms with Crippen molar-refractivity contribution in [3.8, 4) is 0 Å². The van der Waals surface area contributed by atoms with Gasteiger partial charge in [0.15, 0.2) is 0 Å². The number of rotatable bonds is 12. The monoisotopic (exact) mass is 643 g/mol. The van der Waals surface area contributed by atoms with Crippen molar-refractivity contribution in [1.82, 2.24) is 4.90 Å². The van der Waals surface area contributed by atoms with Gasteiger partial charge in [0.1, 0.15) is 0 Å². The first kappa shape index (κ1) is 36.1. The molecule has 0 saturated heterocycles. The molecule has 0 aromatic heterocycles. The summed E-state index contributed by atoms with van der Waals surface area (Å²) in [7, 11) is 1.99. The second kappa shape index (κ2) is 13.0. The summed E-state index contributed by atoms with van der Waals surface area (Å²) < 4.78 is 31.6. The molecule has 4 saturated carbocycles. The van der Waals surface area contributed by atoms with E-state index < -0.39 is 22.3 Å². The first-order valence-corrected chi connectivity index (χ1v) is 18.9. The normalized spacial score (nSPS) is 41.4. The smallest absolute Gasteiger partial charge is 0.265 e. The zero-order valence-electron chi connectivity index (χ0n) is 28.5. The predicted octanol–water partition coefficient (Wildman–Crippen LogP) is 3.96. The number of quaternary nitrogens is 1. The van der Waals surface area contributed by atoms with Gasteiger partial charge in [-0.25, -0.2) is 0 Å². The Kier molecular flexibility index (Phi) is 10.7. The molecule has 0 bridgehead atoms. The molecule has 0 aliphatic heterocycles. The van der Waals surface area contributed by atoms with Gasteiger partial charge in [0.05, 0.1) is 51.2 Å². The van der Waals surface area contributed by atoms with E-state index in [1.54, 1.807) is 4.90 Å². The van der Waals surface area contributed by atoms with Crippen LogP contribution in [0.1, 0.15) is 98.3 Å². The van der Waals surface area contributed by atoms with Gasteiger partial charge in [0, 0.05) is 32.9 Å². The highest BCUT2D eigenvalue weighted by molar-refractivity contribution is 7.85. The quantitative estimate of drug-likeness (QED) is 0.187. The summed E-state index contributed by atoms with van der Waals surface area (Å²) >= 11 is 0. The van der Waals surface area contributed by atoms with Crippen molar-refractivity contribution in [1.29, 1.82) is 0 Å². The lowest BCUT2D eigenvalue weighted by molar-refractivity contribution is -0.890. The summed E-state index contributed by atoms with van der Waals surface area (Å²) in [6, 6.07) is 0. The lowest BCUT2D eigenvalue weighted by Gasteiger charge is -2.67. The average molecular weight is 644 g/mol. The highest BCUT2D eigenvalue weighted by atomic mass is 32.2. The van der Waals surface area contributed by atoms with Crippen molar-refractivity contribution in [2.45, 2.75) is 117 Å². The Balaban J connectivity index is 1.32. The molecule has 4 aliphatic carbocycles. The number of nitrogens with zero attached hydrogens (tertiary/aromatic N) is 2. The summed E-state index contributed by atoms with van der Waals surface area (Å²) in [6.07, 6.45) is 7.31. The van der Waals surface area contributed by atoms with Crippen molar-refractivity contribution >= 4 is 16.0 Å². The van der Waals surface area contributed by atoms with E-state index in [0.29, 0.717) is 48.7 Å². The highest BCUT2D eigenvalue weighted by Gasteiger charge is 2.68. The molecule has 7 unspecified atom stereocenters. The van der Waals surface area contributed by atoms with Crippen LogP contribution in [0.15, 0.2) is 0 Å². The number of fused-ring (bicyclic) bond motifs is 5. The number of amides is 1. The number of hydrogen-bond donors (Lipinski definition) is 4. The van der Waals surface area contributed by atoms with Gasteiger partial charge in [-0.2, -0.15) is 8.42 Å². The molecule has 0 radical (unpaired) electrons. The van der Waals surface area contributed by atoms with E-state index in [4.69, 9.17) is 4.55 Å². The van der Waals surface area contributed by atoms with Crippen LogP contribution in [0, 0.1) is 45.8 Å². The minimum absolute atomic E-state index is 0.00725. The first-order chi connectivity index (χ1) is 20.2. The molecule has 44 heavy (non-hydrogen) atoms. The third kappa shape index (κ3) is 7.05. The van der Waals surface area contributed by atoms with Crippen molar-refractivity contribution in [3.63, 3.8) is 0 Å². The van der Waals surface area contributed by atoms with Gasteiger partial charge < -0.3 is 24.7 Å². The first-order valence-electron chi connectivity index (χ1n) is 17.3. The second-order valence-electron chi connectivity index (χ2n) is 16.9. The summed E-state index contributed by atoms with van der Waals surface area (Å²) in [5, 5.41) is 34.1. The fourth-order valence-corrected chi connectivity index (χ4v) is 11.5. The molecule has 0 aromatic rings. The van der Waals surface area contributed by atoms with Crippen LogP contribution in [-0.4, -0.2) is 108 Å². The molecule has 4 fully saturated rings. The Morgan fingerprint density at radius 2 is 1.66 bits per heavy atom. The number of carbonyl (C=O) groups excluding carboxylic acids is 1.